The minimum absolute atomic E-state index is 0.0501. The average Bonchev–Trinajstić information content (AvgIpc) is 3.27. The van der Waals surface area contributed by atoms with E-state index in [-0.39, 0.29) is 11.9 Å². The Balaban J connectivity index is 1.74. The predicted molar refractivity (Wildman–Crippen MR) is 103 cm³/mol. The van der Waals surface area contributed by atoms with Gasteiger partial charge in [0.1, 0.15) is 17.7 Å². The van der Waals surface area contributed by atoms with Crippen molar-refractivity contribution in [1.82, 2.24) is 20.1 Å². The summed E-state index contributed by atoms with van der Waals surface area (Å²) in [4.78, 5) is 17.5. The third kappa shape index (κ3) is 3.89. The van der Waals surface area contributed by atoms with Crippen molar-refractivity contribution in [3.63, 3.8) is 0 Å². The van der Waals surface area contributed by atoms with Crippen LogP contribution in [0.2, 0.25) is 0 Å². The summed E-state index contributed by atoms with van der Waals surface area (Å²) in [6, 6.07) is 8.06. The first kappa shape index (κ1) is 18.4. The van der Waals surface area contributed by atoms with Crippen molar-refractivity contribution in [3.05, 3.63) is 42.0 Å². The minimum atomic E-state index is -0.543. The van der Waals surface area contributed by atoms with E-state index in [0.29, 0.717) is 0 Å². The second kappa shape index (κ2) is 7.89. The van der Waals surface area contributed by atoms with E-state index in [2.05, 4.69) is 46.7 Å². The van der Waals surface area contributed by atoms with Gasteiger partial charge in [0.2, 0.25) is 5.91 Å². The van der Waals surface area contributed by atoms with Gasteiger partial charge in [-0.3, -0.25) is 4.79 Å². The monoisotopic (exact) mass is 355 g/mol. The molecule has 26 heavy (non-hydrogen) atoms. The van der Waals surface area contributed by atoms with Gasteiger partial charge >= 0.3 is 0 Å². The van der Waals surface area contributed by atoms with Crippen LogP contribution in [0.25, 0.3) is 0 Å². The maximum atomic E-state index is 13.2. The highest BCUT2D eigenvalue weighted by atomic mass is 16.2. The lowest BCUT2D eigenvalue weighted by molar-refractivity contribution is -0.126. The van der Waals surface area contributed by atoms with Crippen LogP contribution in [0.1, 0.15) is 63.4 Å². The number of carbonyl (C=O) groups excluding carboxylic acids is 1. The van der Waals surface area contributed by atoms with Gasteiger partial charge in [-0.2, -0.15) is 5.10 Å². The van der Waals surface area contributed by atoms with Crippen LogP contribution in [0.5, 0.6) is 0 Å². The number of nitrogens with one attached hydrogen (secondary N) is 2. The molecule has 1 fully saturated rings. The number of rotatable bonds is 7. The summed E-state index contributed by atoms with van der Waals surface area (Å²) in [7, 11) is 0. The zero-order valence-electron chi connectivity index (χ0n) is 16.0. The fraction of sp³-hybridized carbons (Fsp3) is 0.550. The lowest BCUT2D eigenvalue weighted by Crippen LogP contribution is -2.51. The highest BCUT2D eigenvalue weighted by Crippen LogP contribution is 2.34. The number of amides is 1. The van der Waals surface area contributed by atoms with Crippen molar-refractivity contribution >= 4 is 11.6 Å². The maximum absolute atomic E-state index is 13.2. The van der Waals surface area contributed by atoms with Crippen molar-refractivity contribution in [2.75, 3.05) is 5.32 Å². The van der Waals surface area contributed by atoms with Crippen LogP contribution in [0.3, 0.4) is 0 Å². The van der Waals surface area contributed by atoms with Crippen molar-refractivity contribution < 1.29 is 4.79 Å². The number of aromatic nitrogens is 3. The number of aryl methyl sites for hydroxylation is 2. The molecule has 6 nitrogen and oxygen atoms in total. The van der Waals surface area contributed by atoms with Crippen LogP contribution >= 0.6 is 0 Å². The Morgan fingerprint density at radius 1 is 1.27 bits per heavy atom. The lowest BCUT2D eigenvalue weighted by atomic mass is 9.95. The molecule has 0 radical (unpaired) electrons. The summed E-state index contributed by atoms with van der Waals surface area (Å²) in [5, 5.41) is 11.0. The molecule has 1 amide bonds. The van der Waals surface area contributed by atoms with Crippen LogP contribution in [-0.2, 0) is 11.3 Å². The smallest absolute Gasteiger partial charge is 0.246 e. The zero-order chi connectivity index (χ0) is 18.6. The van der Waals surface area contributed by atoms with Gasteiger partial charge in [-0.15, -0.1) is 0 Å². The Labute approximate surface area is 155 Å². The topological polar surface area (TPSA) is 71.8 Å². The molecule has 1 heterocycles. The van der Waals surface area contributed by atoms with Crippen LogP contribution in [0, 0.1) is 6.92 Å². The molecular weight excluding hydrogens is 326 g/mol. The third-order valence-electron chi connectivity index (χ3n) is 5.14. The van der Waals surface area contributed by atoms with E-state index in [4.69, 9.17) is 0 Å². The number of anilines is 1. The second-order valence-corrected chi connectivity index (χ2v) is 7.32. The molecule has 0 unspecified atom stereocenters. The summed E-state index contributed by atoms with van der Waals surface area (Å²) >= 11 is 0. The van der Waals surface area contributed by atoms with E-state index < -0.39 is 5.54 Å². The number of nitrogens with zero attached hydrogens (tertiary/aromatic N) is 3. The van der Waals surface area contributed by atoms with Gasteiger partial charge in [0.15, 0.2) is 0 Å². The van der Waals surface area contributed by atoms with Gasteiger partial charge in [0, 0.05) is 12.2 Å². The second-order valence-electron chi connectivity index (χ2n) is 7.32. The molecule has 1 aliphatic carbocycles. The molecule has 140 valence electrons. The molecule has 0 bridgehead atoms. The van der Waals surface area contributed by atoms with Crippen molar-refractivity contribution in [2.45, 2.75) is 71.0 Å². The Morgan fingerprint density at radius 2 is 1.96 bits per heavy atom. The van der Waals surface area contributed by atoms with Crippen LogP contribution < -0.4 is 10.6 Å². The van der Waals surface area contributed by atoms with Gasteiger partial charge < -0.3 is 10.6 Å². The lowest BCUT2D eigenvalue weighted by Gasteiger charge is -2.31. The van der Waals surface area contributed by atoms with Crippen molar-refractivity contribution in [2.24, 2.45) is 0 Å². The van der Waals surface area contributed by atoms with E-state index in [9.17, 15) is 4.79 Å². The molecule has 3 rings (SSSR count). The Morgan fingerprint density at radius 3 is 2.62 bits per heavy atom. The van der Waals surface area contributed by atoms with Crippen LogP contribution in [-0.4, -0.2) is 26.2 Å². The van der Waals surface area contributed by atoms with E-state index in [1.54, 1.807) is 6.33 Å². The standard InChI is InChI=1S/C20H29N5O/c1-4-13-25-18(21-14-22-25)16(3)23-19(26)20(11-5-6-12-20)24-17-9-7-15(2)8-10-17/h7-10,14,16,24H,4-6,11-13H2,1-3H3,(H,23,26)/t16-/m1/s1. The summed E-state index contributed by atoms with van der Waals surface area (Å²) in [5.74, 6) is 0.859. The first-order chi connectivity index (χ1) is 12.5. The molecule has 0 aliphatic heterocycles. The highest BCUT2D eigenvalue weighted by molar-refractivity contribution is 5.90. The van der Waals surface area contributed by atoms with E-state index in [1.165, 1.54) is 5.56 Å². The molecule has 1 saturated carbocycles. The molecule has 2 N–H and O–H groups in total. The molecule has 1 aliphatic rings. The average molecular weight is 355 g/mol. The molecular formula is C20H29N5O. The molecule has 1 aromatic heterocycles. The Kier molecular flexibility index (Phi) is 5.59. The summed E-state index contributed by atoms with van der Waals surface area (Å²) in [5.41, 5.74) is 1.66. The van der Waals surface area contributed by atoms with Crippen molar-refractivity contribution in [3.8, 4) is 0 Å². The maximum Gasteiger partial charge on any atom is 0.246 e. The first-order valence-corrected chi connectivity index (χ1v) is 9.57. The Hall–Kier alpha value is -2.37. The largest absolute Gasteiger partial charge is 0.371 e. The van der Waals surface area contributed by atoms with E-state index >= 15 is 0 Å². The molecule has 1 atom stereocenters. The molecule has 0 saturated heterocycles. The van der Waals surface area contributed by atoms with E-state index in [0.717, 1.165) is 50.2 Å². The number of hydrogen-bond donors (Lipinski definition) is 2. The third-order valence-corrected chi connectivity index (χ3v) is 5.14. The normalized spacial score (nSPS) is 17.0. The van der Waals surface area contributed by atoms with Gasteiger partial charge in [0.05, 0.1) is 6.04 Å². The molecule has 2 aromatic rings. The fourth-order valence-electron chi connectivity index (χ4n) is 3.69. The quantitative estimate of drug-likeness (QED) is 0.796. The zero-order valence-corrected chi connectivity index (χ0v) is 16.0. The summed E-state index contributed by atoms with van der Waals surface area (Å²) < 4.78 is 1.87. The van der Waals surface area contributed by atoms with Gasteiger partial charge in [-0.25, -0.2) is 9.67 Å². The molecule has 6 heteroatoms. The van der Waals surface area contributed by atoms with Gasteiger partial charge in [-0.1, -0.05) is 37.5 Å². The van der Waals surface area contributed by atoms with Crippen LogP contribution in [0.4, 0.5) is 5.69 Å². The number of carbonyl (C=O) groups is 1. The Bertz CT molecular complexity index is 731. The molecule has 0 spiro atoms. The SMILES string of the molecule is CCCn1ncnc1[C@@H](C)NC(=O)C1(Nc2ccc(C)cc2)CCCC1. The minimum Gasteiger partial charge on any atom is -0.371 e. The van der Waals surface area contributed by atoms with E-state index in [1.807, 2.05) is 23.7 Å². The predicted octanol–water partition coefficient (Wildman–Crippen LogP) is 3.60. The van der Waals surface area contributed by atoms with Crippen molar-refractivity contribution in [1.29, 1.82) is 0 Å². The van der Waals surface area contributed by atoms with Gasteiger partial charge in [-0.05, 0) is 45.2 Å². The fourth-order valence-corrected chi connectivity index (χ4v) is 3.69. The summed E-state index contributed by atoms with van der Waals surface area (Å²) in [6.45, 7) is 6.95. The van der Waals surface area contributed by atoms with Crippen LogP contribution in [0.15, 0.2) is 30.6 Å². The highest BCUT2D eigenvalue weighted by Gasteiger charge is 2.41. The first-order valence-electron chi connectivity index (χ1n) is 9.57. The molecule has 1 aromatic carbocycles. The number of benzene rings is 1. The summed E-state index contributed by atoms with van der Waals surface area (Å²) in [6.07, 6.45) is 6.36. The number of hydrogen-bond acceptors (Lipinski definition) is 4. The van der Waals surface area contributed by atoms with Gasteiger partial charge in [0.25, 0.3) is 0 Å².